The fourth-order valence-corrected chi connectivity index (χ4v) is 5.48. The van der Waals surface area contributed by atoms with Crippen molar-refractivity contribution in [1.82, 2.24) is 14.1 Å². The maximum atomic E-state index is 13.0. The van der Waals surface area contributed by atoms with Crippen LogP contribution >= 0.6 is 23.2 Å². The number of carbonyl (C=O) groups excluding carboxylic acids is 1. The van der Waals surface area contributed by atoms with Crippen molar-refractivity contribution in [3.63, 3.8) is 0 Å². The lowest BCUT2D eigenvalue weighted by molar-refractivity contribution is -0.133. The topological polar surface area (TPSA) is 72.3 Å². The Labute approximate surface area is 187 Å². The molecular weight excluding hydrogens is 478 g/mol. The molecule has 4 rings (SSSR count). The molecule has 2 atom stereocenters. The Bertz CT molecular complexity index is 1110. The summed E-state index contributed by atoms with van der Waals surface area (Å²) in [7, 11) is -5.57. The van der Waals surface area contributed by atoms with Crippen LogP contribution in [-0.2, 0) is 34.1 Å². The number of nitrogens with zero attached hydrogens (tertiary/aromatic N) is 3. The Kier molecular flexibility index (Phi) is 5.76. The minimum atomic E-state index is -5.57. The molecule has 1 aromatic heterocycles. The van der Waals surface area contributed by atoms with Gasteiger partial charge in [-0.1, -0.05) is 29.3 Å². The molecule has 0 spiro atoms. The van der Waals surface area contributed by atoms with Crippen LogP contribution in [0.2, 0.25) is 10.0 Å². The zero-order chi connectivity index (χ0) is 22.6. The third kappa shape index (κ3) is 4.05. The number of likely N-dealkylation sites (tertiary alicyclic amines) is 1. The zero-order valence-electron chi connectivity index (χ0n) is 16.1. The molecule has 1 amide bonds. The third-order valence-electron chi connectivity index (χ3n) is 5.87. The first-order valence-electron chi connectivity index (χ1n) is 9.61. The minimum Gasteiger partial charge on any atom is -0.339 e. The fourth-order valence-electron chi connectivity index (χ4n) is 4.24. The molecule has 168 valence electrons. The molecule has 1 aliphatic heterocycles. The van der Waals surface area contributed by atoms with Gasteiger partial charge in [-0.25, -0.2) is 0 Å². The first-order chi connectivity index (χ1) is 14.5. The summed E-state index contributed by atoms with van der Waals surface area (Å²) >= 11 is 12.4. The molecule has 0 bridgehead atoms. The standard InChI is InChI=1S/C19H18Cl2F3N3O3S/c20-15-2-1-3-16(21)14(15)9-11-6-7-26(18(11)28)13-4-5-17-12(8-13)10-27(25-17)31(29,30)19(22,23)24/h1-3,10-11,13H,4-9H2. The Hall–Kier alpha value is -1.78. The van der Waals surface area contributed by atoms with Crippen LogP contribution in [0.15, 0.2) is 24.4 Å². The zero-order valence-corrected chi connectivity index (χ0v) is 18.4. The monoisotopic (exact) mass is 495 g/mol. The second kappa shape index (κ2) is 7.97. The molecule has 1 saturated heterocycles. The number of hydrogen-bond acceptors (Lipinski definition) is 4. The molecular formula is C19H18Cl2F3N3O3S. The molecule has 0 N–H and O–H groups in total. The summed E-state index contributed by atoms with van der Waals surface area (Å²) in [6, 6.07) is 4.94. The van der Waals surface area contributed by atoms with Crippen LogP contribution in [0.3, 0.4) is 0 Å². The van der Waals surface area contributed by atoms with Gasteiger partial charge >= 0.3 is 15.5 Å². The van der Waals surface area contributed by atoms with Crippen molar-refractivity contribution in [1.29, 1.82) is 0 Å². The highest BCUT2D eigenvalue weighted by Gasteiger charge is 2.48. The molecule has 2 heterocycles. The SMILES string of the molecule is O=C1C(Cc2c(Cl)cccc2Cl)CCN1C1CCc2nn(S(=O)(=O)C(F)(F)F)cc2C1. The average Bonchev–Trinajstić information content (AvgIpc) is 3.27. The van der Waals surface area contributed by atoms with Gasteiger partial charge in [-0.15, -0.1) is 0 Å². The largest absolute Gasteiger partial charge is 0.518 e. The summed E-state index contributed by atoms with van der Waals surface area (Å²) in [6.07, 6.45) is 2.99. The molecule has 1 fully saturated rings. The van der Waals surface area contributed by atoms with Gasteiger partial charge in [-0.05, 0) is 55.4 Å². The van der Waals surface area contributed by atoms with Gasteiger partial charge in [0, 0.05) is 34.7 Å². The van der Waals surface area contributed by atoms with Crippen LogP contribution in [0.25, 0.3) is 0 Å². The number of amides is 1. The van der Waals surface area contributed by atoms with Crippen molar-refractivity contribution in [2.75, 3.05) is 6.54 Å². The predicted molar refractivity (Wildman–Crippen MR) is 108 cm³/mol. The van der Waals surface area contributed by atoms with E-state index in [2.05, 4.69) is 5.10 Å². The molecule has 31 heavy (non-hydrogen) atoms. The summed E-state index contributed by atoms with van der Waals surface area (Å²) in [5.41, 5.74) is -3.99. The van der Waals surface area contributed by atoms with Crippen LogP contribution in [0.4, 0.5) is 13.2 Å². The van der Waals surface area contributed by atoms with E-state index in [-0.39, 0.29) is 28.4 Å². The molecule has 2 aromatic rings. The average molecular weight is 496 g/mol. The second-order valence-corrected chi connectivity index (χ2v) is 10.3. The number of benzene rings is 1. The first-order valence-corrected chi connectivity index (χ1v) is 11.8. The third-order valence-corrected chi connectivity index (χ3v) is 7.84. The number of fused-ring (bicyclic) bond motifs is 1. The summed E-state index contributed by atoms with van der Waals surface area (Å²) < 4.78 is 61.7. The molecule has 1 aromatic carbocycles. The number of aromatic nitrogens is 2. The molecule has 12 heteroatoms. The number of hydrogen-bond donors (Lipinski definition) is 0. The van der Waals surface area contributed by atoms with E-state index in [0.29, 0.717) is 53.5 Å². The van der Waals surface area contributed by atoms with E-state index in [1.807, 2.05) is 0 Å². The quantitative estimate of drug-likeness (QED) is 0.645. The number of carbonyl (C=O) groups is 1. The second-order valence-electron chi connectivity index (χ2n) is 7.74. The van der Waals surface area contributed by atoms with Crippen LogP contribution < -0.4 is 0 Å². The molecule has 1 aliphatic carbocycles. The van der Waals surface area contributed by atoms with Gasteiger partial charge in [-0.2, -0.15) is 30.8 Å². The lowest BCUT2D eigenvalue weighted by atomic mass is 9.92. The van der Waals surface area contributed by atoms with E-state index in [9.17, 15) is 26.4 Å². The highest BCUT2D eigenvalue weighted by atomic mass is 35.5. The van der Waals surface area contributed by atoms with Gasteiger partial charge in [0.25, 0.3) is 0 Å². The van der Waals surface area contributed by atoms with Gasteiger partial charge in [0.05, 0.1) is 5.69 Å². The number of alkyl halides is 3. The van der Waals surface area contributed by atoms with Crippen LogP contribution in [0.1, 0.15) is 29.7 Å². The highest BCUT2D eigenvalue weighted by Crippen LogP contribution is 2.34. The molecule has 0 radical (unpaired) electrons. The number of halogens is 5. The van der Waals surface area contributed by atoms with Crippen molar-refractivity contribution in [2.45, 2.75) is 43.7 Å². The summed E-state index contributed by atoms with van der Waals surface area (Å²) in [5.74, 6) is -0.341. The van der Waals surface area contributed by atoms with E-state index in [1.54, 1.807) is 23.1 Å². The van der Waals surface area contributed by atoms with Crippen molar-refractivity contribution in [3.05, 3.63) is 51.3 Å². The molecule has 6 nitrogen and oxygen atoms in total. The van der Waals surface area contributed by atoms with Crippen LogP contribution in [-0.4, -0.2) is 46.5 Å². The molecule has 0 saturated carbocycles. The Morgan fingerprint density at radius 3 is 2.48 bits per heavy atom. The highest BCUT2D eigenvalue weighted by molar-refractivity contribution is 7.90. The van der Waals surface area contributed by atoms with Gasteiger partial charge < -0.3 is 4.90 Å². The van der Waals surface area contributed by atoms with Crippen molar-refractivity contribution in [3.8, 4) is 0 Å². The van der Waals surface area contributed by atoms with Gasteiger partial charge in [0.15, 0.2) is 0 Å². The summed E-state index contributed by atoms with van der Waals surface area (Å²) in [6.45, 7) is 0.514. The number of aryl methyl sites for hydroxylation is 1. The van der Waals surface area contributed by atoms with Crippen molar-refractivity contribution < 1.29 is 26.4 Å². The normalized spacial score (nSPS) is 22.1. The van der Waals surface area contributed by atoms with E-state index in [0.717, 1.165) is 11.8 Å². The predicted octanol–water partition coefficient (Wildman–Crippen LogP) is 3.84. The van der Waals surface area contributed by atoms with Crippen molar-refractivity contribution in [2.24, 2.45) is 5.92 Å². The smallest absolute Gasteiger partial charge is 0.339 e. The van der Waals surface area contributed by atoms with Crippen molar-refractivity contribution >= 4 is 39.1 Å². The van der Waals surface area contributed by atoms with E-state index >= 15 is 0 Å². The Balaban J connectivity index is 1.49. The van der Waals surface area contributed by atoms with Gasteiger partial charge in [0.2, 0.25) is 5.91 Å². The summed E-state index contributed by atoms with van der Waals surface area (Å²) in [5, 5.41) is 4.63. The van der Waals surface area contributed by atoms with Gasteiger partial charge in [-0.3, -0.25) is 4.79 Å². The van der Waals surface area contributed by atoms with Crippen LogP contribution in [0, 0.1) is 5.92 Å². The minimum absolute atomic E-state index is 0.00590. The fraction of sp³-hybridized carbons (Fsp3) is 0.474. The van der Waals surface area contributed by atoms with Gasteiger partial charge in [0.1, 0.15) is 0 Å². The summed E-state index contributed by atoms with van der Waals surface area (Å²) in [4.78, 5) is 14.7. The Morgan fingerprint density at radius 2 is 1.84 bits per heavy atom. The lowest BCUT2D eigenvalue weighted by Gasteiger charge is -2.31. The molecule has 2 unspecified atom stereocenters. The van der Waals surface area contributed by atoms with E-state index in [1.165, 1.54) is 0 Å². The van der Waals surface area contributed by atoms with Crippen LogP contribution in [0.5, 0.6) is 0 Å². The maximum Gasteiger partial charge on any atom is 0.518 e. The maximum absolute atomic E-state index is 13.0. The Morgan fingerprint density at radius 1 is 1.16 bits per heavy atom. The van der Waals surface area contributed by atoms with E-state index < -0.39 is 15.5 Å². The number of rotatable bonds is 4. The molecule has 2 aliphatic rings. The first kappa shape index (κ1) is 22.4. The van der Waals surface area contributed by atoms with E-state index in [4.69, 9.17) is 23.2 Å². The lowest BCUT2D eigenvalue weighted by Crippen LogP contribution is -2.41.